The summed E-state index contributed by atoms with van der Waals surface area (Å²) in [5.74, 6) is 0. The van der Waals surface area contributed by atoms with E-state index in [0.29, 0.717) is 6.61 Å². The first kappa shape index (κ1) is 10.2. The van der Waals surface area contributed by atoms with E-state index in [9.17, 15) is 5.11 Å². The van der Waals surface area contributed by atoms with Crippen LogP contribution in [-0.2, 0) is 11.2 Å². The van der Waals surface area contributed by atoms with Gasteiger partial charge in [0.25, 0.3) is 0 Å². The number of aryl methyl sites for hydroxylation is 1. The lowest BCUT2D eigenvalue weighted by Crippen LogP contribution is -2.07. The second kappa shape index (κ2) is 5.00. The molecule has 2 nitrogen and oxygen atoms in total. The molecule has 1 aromatic carbocycles. The Hall–Kier alpha value is -0.860. The first-order valence-corrected chi connectivity index (χ1v) is 4.54. The van der Waals surface area contributed by atoms with Gasteiger partial charge in [0.05, 0.1) is 6.61 Å². The lowest BCUT2D eigenvalue weighted by molar-refractivity contribution is 0.0639. The summed E-state index contributed by atoms with van der Waals surface area (Å²) in [5, 5.41) is 9.71. The molecule has 0 bridgehead atoms. The van der Waals surface area contributed by atoms with Crippen LogP contribution in [0.25, 0.3) is 0 Å². The van der Waals surface area contributed by atoms with Gasteiger partial charge in [-0.2, -0.15) is 0 Å². The molecule has 0 aliphatic carbocycles. The third-order valence-corrected chi connectivity index (χ3v) is 2.12. The van der Waals surface area contributed by atoms with Gasteiger partial charge in [0.2, 0.25) is 0 Å². The number of aliphatic hydroxyl groups is 1. The zero-order valence-corrected chi connectivity index (χ0v) is 8.16. The summed E-state index contributed by atoms with van der Waals surface area (Å²) >= 11 is 0. The van der Waals surface area contributed by atoms with Gasteiger partial charge in [0, 0.05) is 7.11 Å². The largest absolute Gasteiger partial charge is 0.386 e. The minimum atomic E-state index is -0.499. The van der Waals surface area contributed by atoms with Crippen LogP contribution in [0.2, 0.25) is 0 Å². The van der Waals surface area contributed by atoms with E-state index in [1.807, 2.05) is 24.3 Å². The summed E-state index contributed by atoms with van der Waals surface area (Å²) in [6.07, 6.45) is 0.442. The summed E-state index contributed by atoms with van der Waals surface area (Å²) in [4.78, 5) is 0. The monoisotopic (exact) mass is 180 g/mol. The molecular formula is C11H16O2. The average Bonchev–Trinajstić information content (AvgIpc) is 2.18. The minimum absolute atomic E-state index is 0.358. The number of methoxy groups -OCH3 is 1. The van der Waals surface area contributed by atoms with Gasteiger partial charge in [-0.15, -0.1) is 0 Å². The van der Waals surface area contributed by atoms with Gasteiger partial charge >= 0.3 is 0 Å². The quantitative estimate of drug-likeness (QED) is 0.767. The van der Waals surface area contributed by atoms with Crippen molar-refractivity contribution in [3.05, 3.63) is 35.4 Å². The molecule has 13 heavy (non-hydrogen) atoms. The summed E-state index contributed by atoms with van der Waals surface area (Å²) in [5.41, 5.74) is 2.17. The fourth-order valence-corrected chi connectivity index (χ4v) is 1.43. The lowest BCUT2D eigenvalue weighted by atomic mass is 10.0. The number of aliphatic hydroxyl groups excluding tert-OH is 1. The molecular weight excluding hydrogens is 164 g/mol. The highest BCUT2D eigenvalue weighted by Crippen LogP contribution is 2.18. The van der Waals surface area contributed by atoms with Crippen LogP contribution in [-0.4, -0.2) is 18.8 Å². The van der Waals surface area contributed by atoms with Crippen LogP contribution in [0.4, 0.5) is 0 Å². The first-order chi connectivity index (χ1) is 6.29. The van der Waals surface area contributed by atoms with Crippen molar-refractivity contribution in [2.75, 3.05) is 13.7 Å². The fourth-order valence-electron chi connectivity index (χ4n) is 1.43. The number of benzene rings is 1. The Labute approximate surface area is 79.2 Å². The van der Waals surface area contributed by atoms with E-state index < -0.39 is 6.10 Å². The van der Waals surface area contributed by atoms with E-state index >= 15 is 0 Å². The van der Waals surface area contributed by atoms with Crippen molar-refractivity contribution in [3.63, 3.8) is 0 Å². The van der Waals surface area contributed by atoms with Crippen molar-refractivity contribution in [3.8, 4) is 0 Å². The molecule has 0 saturated heterocycles. The highest BCUT2D eigenvalue weighted by Gasteiger charge is 2.09. The molecule has 1 aromatic rings. The summed E-state index contributed by atoms with van der Waals surface area (Å²) in [6, 6.07) is 7.91. The predicted molar refractivity (Wildman–Crippen MR) is 52.7 cm³/mol. The smallest absolute Gasteiger partial charge is 0.103 e. The van der Waals surface area contributed by atoms with Crippen molar-refractivity contribution >= 4 is 0 Å². The minimum Gasteiger partial charge on any atom is -0.386 e. The third-order valence-electron chi connectivity index (χ3n) is 2.12. The SMILES string of the molecule is CCc1ccccc1C(O)COC. The van der Waals surface area contributed by atoms with Gasteiger partial charge in [-0.05, 0) is 17.5 Å². The van der Waals surface area contributed by atoms with Crippen molar-refractivity contribution < 1.29 is 9.84 Å². The van der Waals surface area contributed by atoms with Gasteiger partial charge in [-0.3, -0.25) is 0 Å². The molecule has 0 radical (unpaired) electrons. The molecule has 0 saturated carbocycles. The number of hydrogen-bond acceptors (Lipinski definition) is 2. The molecule has 1 rings (SSSR count). The van der Waals surface area contributed by atoms with Crippen molar-refractivity contribution in [1.29, 1.82) is 0 Å². The van der Waals surface area contributed by atoms with E-state index in [1.165, 1.54) is 5.56 Å². The Morgan fingerprint density at radius 1 is 1.38 bits per heavy atom. The van der Waals surface area contributed by atoms with Crippen LogP contribution < -0.4 is 0 Å². The number of ether oxygens (including phenoxy) is 1. The van der Waals surface area contributed by atoms with Gasteiger partial charge in [0.1, 0.15) is 6.10 Å². The zero-order chi connectivity index (χ0) is 9.68. The van der Waals surface area contributed by atoms with Gasteiger partial charge < -0.3 is 9.84 Å². The third kappa shape index (κ3) is 2.54. The Bertz CT molecular complexity index is 258. The van der Waals surface area contributed by atoms with E-state index in [2.05, 4.69) is 6.92 Å². The molecule has 0 heterocycles. The molecule has 0 aliphatic rings. The van der Waals surface area contributed by atoms with Crippen molar-refractivity contribution in [2.45, 2.75) is 19.4 Å². The molecule has 0 aromatic heterocycles. The van der Waals surface area contributed by atoms with E-state index in [-0.39, 0.29) is 0 Å². The standard InChI is InChI=1S/C11H16O2/c1-3-9-6-4-5-7-10(9)11(12)8-13-2/h4-7,11-12H,3,8H2,1-2H3. The van der Waals surface area contributed by atoms with E-state index in [0.717, 1.165) is 12.0 Å². The van der Waals surface area contributed by atoms with Gasteiger partial charge in [-0.1, -0.05) is 31.2 Å². The summed E-state index contributed by atoms with van der Waals surface area (Å²) in [7, 11) is 1.60. The Balaban J connectivity index is 2.85. The molecule has 0 spiro atoms. The number of hydrogen-bond donors (Lipinski definition) is 1. The zero-order valence-electron chi connectivity index (χ0n) is 8.16. The second-order valence-corrected chi connectivity index (χ2v) is 3.02. The van der Waals surface area contributed by atoms with Crippen LogP contribution in [0.3, 0.4) is 0 Å². The normalized spacial score (nSPS) is 12.8. The Kier molecular flexibility index (Phi) is 3.93. The maximum absolute atomic E-state index is 9.71. The van der Waals surface area contributed by atoms with Crippen LogP contribution in [0.15, 0.2) is 24.3 Å². The second-order valence-electron chi connectivity index (χ2n) is 3.02. The molecule has 1 atom stereocenters. The van der Waals surface area contributed by atoms with Crippen LogP contribution >= 0.6 is 0 Å². The molecule has 0 aliphatic heterocycles. The average molecular weight is 180 g/mol. The van der Waals surface area contributed by atoms with Crippen LogP contribution in [0.5, 0.6) is 0 Å². The molecule has 72 valence electrons. The maximum Gasteiger partial charge on any atom is 0.103 e. The lowest BCUT2D eigenvalue weighted by Gasteiger charge is -2.13. The van der Waals surface area contributed by atoms with Gasteiger partial charge in [-0.25, -0.2) is 0 Å². The molecule has 1 N–H and O–H groups in total. The topological polar surface area (TPSA) is 29.5 Å². The molecule has 1 unspecified atom stereocenters. The van der Waals surface area contributed by atoms with Crippen LogP contribution in [0.1, 0.15) is 24.2 Å². The molecule has 2 heteroatoms. The maximum atomic E-state index is 9.71. The molecule has 0 fully saturated rings. The van der Waals surface area contributed by atoms with Crippen molar-refractivity contribution in [2.24, 2.45) is 0 Å². The highest BCUT2D eigenvalue weighted by molar-refractivity contribution is 5.28. The van der Waals surface area contributed by atoms with Gasteiger partial charge in [0.15, 0.2) is 0 Å². The molecule has 0 amide bonds. The Morgan fingerprint density at radius 3 is 2.69 bits per heavy atom. The first-order valence-electron chi connectivity index (χ1n) is 4.54. The Morgan fingerprint density at radius 2 is 2.08 bits per heavy atom. The van der Waals surface area contributed by atoms with E-state index in [1.54, 1.807) is 7.11 Å². The predicted octanol–water partition coefficient (Wildman–Crippen LogP) is 1.93. The van der Waals surface area contributed by atoms with Crippen LogP contribution in [0, 0.1) is 0 Å². The van der Waals surface area contributed by atoms with Crippen molar-refractivity contribution in [1.82, 2.24) is 0 Å². The van der Waals surface area contributed by atoms with E-state index in [4.69, 9.17) is 4.74 Å². The number of rotatable bonds is 4. The highest BCUT2D eigenvalue weighted by atomic mass is 16.5. The summed E-state index contributed by atoms with van der Waals surface area (Å²) < 4.78 is 4.91. The fraction of sp³-hybridized carbons (Fsp3) is 0.455. The summed E-state index contributed by atoms with van der Waals surface area (Å²) in [6.45, 7) is 2.44.